The first-order valence-electron chi connectivity index (χ1n) is 6.04. The first kappa shape index (κ1) is 15.9. The van der Waals surface area contributed by atoms with Gasteiger partial charge in [-0.3, -0.25) is 4.79 Å². The van der Waals surface area contributed by atoms with Crippen molar-refractivity contribution in [2.24, 2.45) is 5.92 Å². The molecule has 2 rings (SSSR count). The number of nitrogens with one attached hydrogen (secondary N) is 2. The van der Waals surface area contributed by atoms with E-state index in [1.807, 2.05) is 6.92 Å². The predicted molar refractivity (Wildman–Crippen MR) is 71.5 cm³/mol. The molecule has 0 spiro atoms. The Hall–Kier alpha value is -1.20. The third-order valence-corrected chi connectivity index (χ3v) is 3.32. The molecule has 0 aliphatic carbocycles. The molecule has 106 valence electrons. The molecule has 2 atom stereocenters. The van der Waals surface area contributed by atoms with Crippen LogP contribution in [-0.4, -0.2) is 25.0 Å². The minimum Gasteiger partial charge on any atom is -0.348 e. The smallest absolute Gasteiger partial charge is 0.254 e. The van der Waals surface area contributed by atoms with Crippen molar-refractivity contribution in [2.75, 3.05) is 13.1 Å². The highest BCUT2D eigenvalue weighted by Gasteiger charge is 2.24. The molecule has 3 nitrogen and oxygen atoms in total. The van der Waals surface area contributed by atoms with E-state index in [-0.39, 0.29) is 24.0 Å². The Morgan fingerprint density at radius 1 is 1.42 bits per heavy atom. The minimum atomic E-state index is -0.703. The van der Waals surface area contributed by atoms with Crippen molar-refractivity contribution in [3.63, 3.8) is 0 Å². The molecule has 1 heterocycles. The van der Waals surface area contributed by atoms with Crippen LogP contribution in [0.15, 0.2) is 18.2 Å². The SMILES string of the molecule is CC1CCNCC1NC(=O)c1cc(F)ccc1F.Cl. The van der Waals surface area contributed by atoms with Gasteiger partial charge in [0.25, 0.3) is 5.91 Å². The molecule has 1 fully saturated rings. The van der Waals surface area contributed by atoms with Gasteiger partial charge >= 0.3 is 0 Å². The topological polar surface area (TPSA) is 41.1 Å². The predicted octanol–water partition coefficient (Wildman–Crippen LogP) is 2.11. The number of carbonyl (C=O) groups excluding carboxylic acids is 1. The molecule has 1 aromatic carbocycles. The van der Waals surface area contributed by atoms with Crippen LogP contribution in [-0.2, 0) is 0 Å². The van der Waals surface area contributed by atoms with Gasteiger partial charge in [-0.25, -0.2) is 8.78 Å². The number of halogens is 3. The molecule has 0 bridgehead atoms. The number of hydrogen-bond acceptors (Lipinski definition) is 2. The average Bonchev–Trinajstić information content (AvgIpc) is 2.35. The molecule has 1 aliphatic heterocycles. The van der Waals surface area contributed by atoms with Gasteiger partial charge in [-0.15, -0.1) is 12.4 Å². The summed E-state index contributed by atoms with van der Waals surface area (Å²) in [5, 5.41) is 5.91. The number of hydrogen-bond donors (Lipinski definition) is 2. The molecule has 0 saturated carbocycles. The minimum absolute atomic E-state index is 0. The maximum Gasteiger partial charge on any atom is 0.254 e. The molecule has 19 heavy (non-hydrogen) atoms. The quantitative estimate of drug-likeness (QED) is 0.876. The summed E-state index contributed by atoms with van der Waals surface area (Å²) in [7, 11) is 0. The fourth-order valence-corrected chi connectivity index (χ4v) is 2.10. The Balaban J connectivity index is 0.00000180. The highest BCUT2D eigenvalue weighted by atomic mass is 35.5. The summed E-state index contributed by atoms with van der Waals surface area (Å²) in [6.07, 6.45) is 0.955. The Labute approximate surface area is 117 Å². The lowest BCUT2D eigenvalue weighted by atomic mass is 9.94. The van der Waals surface area contributed by atoms with E-state index in [1.165, 1.54) is 0 Å². The molecule has 6 heteroatoms. The zero-order valence-corrected chi connectivity index (χ0v) is 11.4. The van der Waals surface area contributed by atoms with E-state index in [4.69, 9.17) is 0 Å². The molecule has 1 saturated heterocycles. The van der Waals surface area contributed by atoms with Gasteiger partial charge in [0.15, 0.2) is 0 Å². The lowest BCUT2D eigenvalue weighted by Crippen LogP contribution is -2.50. The number of carbonyl (C=O) groups is 1. The van der Waals surface area contributed by atoms with E-state index in [0.717, 1.165) is 31.2 Å². The average molecular weight is 291 g/mol. The third kappa shape index (κ3) is 3.88. The number of piperidine rings is 1. The summed E-state index contributed by atoms with van der Waals surface area (Å²) in [6, 6.07) is 2.84. The first-order chi connectivity index (χ1) is 8.58. The Morgan fingerprint density at radius 3 is 2.84 bits per heavy atom. The lowest BCUT2D eigenvalue weighted by molar-refractivity contribution is 0.0910. The van der Waals surface area contributed by atoms with Crippen LogP contribution in [0.4, 0.5) is 8.78 Å². The molecule has 2 unspecified atom stereocenters. The summed E-state index contributed by atoms with van der Waals surface area (Å²) >= 11 is 0. The monoisotopic (exact) mass is 290 g/mol. The fourth-order valence-electron chi connectivity index (χ4n) is 2.10. The summed E-state index contributed by atoms with van der Waals surface area (Å²) in [4.78, 5) is 11.9. The summed E-state index contributed by atoms with van der Waals surface area (Å²) in [5.74, 6) is -1.55. The fraction of sp³-hybridized carbons (Fsp3) is 0.462. The second-order valence-corrected chi connectivity index (χ2v) is 4.67. The van der Waals surface area contributed by atoms with Crippen molar-refractivity contribution in [1.29, 1.82) is 0 Å². The Bertz CT molecular complexity index is 456. The molecule has 1 amide bonds. The zero-order valence-electron chi connectivity index (χ0n) is 10.6. The van der Waals surface area contributed by atoms with E-state index in [9.17, 15) is 13.6 Å². The van der Waals surface area contributed by atoms with E-state index in [2.05, 4.69) is 10.6 Å². The van der Waals surface area contributed by atoms with Crippen LogP contribution in [0.5, 0.6) is 0 Å². The van der Waals surface area contributed by atoms with Crippen molar-refractivity contribution in [3.8, 4) is 0 Å². The van der Waals surface area contributed by atoms with Crippen molar-refractivity contribution < 1.29 is 13.6 Å². The standard InChI is InChI=1S/C13H16F2N2O.ClH/c1-8-4-5-16-7-12(8)17-13(18)10-6-9(14)2-3-11(10)15;/h2-3,6,8,12,16H,4-5,7H2,1H3,(H,17,18);1H. The number of rotatable bonds is 2. The van der Waals surface area contributed by atoms with E-state index in [0.29, 0.717) is 12.5 Å². The molecule has 1 aromatic rings. The van der Waals surface area contributed by atoms with Gasteiger partial charge in [0.2, 0.25) is 0 Å². The molecule has 0 aromatic heterocycles. The molecule has 1 aliphatic rings. The van der Waals surface area contributed by atoms with Crippen molar-refractivity contribution >= 4 is 18.3 Å². The van der Waals surface area contributed by atoms with Crippen molar-refractivity contribution in [2.45, 2.75) is 19.4 Å². The van der Waals surface area contributed by atoms with Crippen LogP contribution in [0.3, 0.4) is 0 Å². The largest absolute Gasteiger partial charge is 0.348 e. The van der Waals surface area contributed by atoms with Gasteiger partial charge in [0.05, 0.1) is 5.56 Å². The van der Waals surface area contributed by atoms with E-state index in [1.54, 1.807) is 0 Å². The van der Waals surface area contributed by atoms with Gasteiger partial charge in [-0.2, -0.15) is 0 Å². The van der Waals surface area contributed by atoms with E-state index >= 15 is 0 Å². The number of amides is 1. The van der Waals surface area contributed by atoms with Crippen LogP contribution in [0.2, 0.25) is 0 Å². The molecular formula is C13H17ClF2N2O. The highest BCUT2D eigenvalue weighted by molar-refractivity contribution is 5.94. The zero-order chi connectivity index (χ0) is 13.1. The maximum atomic E-state index is 13.4. The van der Waals surface area contributed by atoms with Gasteiger partial charge in [-0.05, 0) is 37.1 Å². The molecule has 2 N–H and O–H groups in total. The van der Waals surface area contributed by atoms with Crippen LogP contribution in [0, 0.1) is 17.6 Å². The molecule has 0 radical (unpaired) electrons. The van der Waals surface area contributed by atoms with Gasteiger partial charge in [-0.1, -0.05) is 6.92 Å². The summed E-state index contributed by atoms with van der Waals surface area (Å²) in [6.45, 7) is 3.61. The molecular weight excluding hydrogens is 274 g/mol. The summed E-state index contributed by atoms with van der Waals surface area (Å²) < 4.78 is 26.4. The second-order valence-electron chi connectivity index (χ2n) is 4.67. The lowest BCUT2D eigenvalue weighted by Gasteiger charge is -2.30. The van der Waals surface area contributed by atoms with Crippen LogP contribution >= 0.6 is 12.4 Å². The summed E-state index contributed by atoms with van der Waals surface area (Å²) in [5.41, 5.74) is -0.243. The second kappa shape index (κ2) is 6.82. The van der Waals surface area contributed by atoms with Crippen molar-refractivity contribution in [1.82, 2.24) is 10.6 Å². The maximum absolute atomic E-state index is 13.4. The van der Waals surface area contributed by atoms with Gasteiger partial charge in [0.1, 0.15) is 11.6 Å². The van der Waals surface area contributed by atoms with Crippen LogP contribution in [0.25, 0.3) is 0 Å². The Kier molecular flexibility index (Phi) is 5.69. The van der Waals surface area contributed by atoms with Crippen molar-refractivity contribution in [3.05, 3.63) is 35.4 Å². The first-order valence-corrected chi connectivity index (χ1v) is 6.04. The van der Waals surface area contributed by atoms with Gasteiger partial charge in [0, 0.05) is 12.6 Å². The number of benzene rings is 1. The Morgan fingerprint density at radius 2 is 2.16 bits per heavy atom. The van der Waals surface area contributed by atoms with Crippen LogP contribution < -0.4 is 10.6 Å². The van der Waals surface area contributed by atoms with Crippen LogP contribution in [0.1, 0.15) is 23.7 Å². The third-order valence-electron chi connectivity index (χ3n) is 3.32. The normalized spacial score (nSPS) is 22.5. The highest BCUT2D eigenvalue weighted by Crippen LogP contribution is 2.14. The van der Waals surface area contributed by atoms with Gasteiger partial charge < -0.3 is 10.6 Å². The van der Waals surface area contributed by atoms with E-state index < -0.39 is 17.5 Å².